The van der Waals surface area contributed by atoms with Gasteiger partial charge < -0.3 is 15.2 Å². The van der Waals surface area contributed by atoms with Crippen LogP contribution in [0.2, 0.25) is 0 Å². The molecule has 18 heavy (non-hydrogen) atoms. The zero-order chi connectivity index (χ0) is 12.4. The second kappa shape index (κ2) is 4.78. The number of ether oxygens (including phenoxy) is 2. The Morgan fingerprint density at radius 3 is 3.17 bits per heavy atom. The molecule has 0 aliphatic carbocycles. The molecule has 1 aromatic heterocycles. The van der Waals surface area contributed by atoms with Gasteiger partial charge >= 0.3 is 0 Å². The molecule has 0 saturated carbocycles. The molecule has 1 atom stereocenters. The van der Waals surface area contributed by atoms with Gasteiger partial charge in [0.05, 0.1) is 17.0 Å². The van der Waals surface area contributed by atoms with Crippen LogP contribution in [0.25, 0.3) is 10.9 Å². The minimum Gasteiger partial charge on any atom is -0.474 e. The van der Waals surface area contributed by atoms with Gasteiger partial charge in [-0.05, 0) is 31.0 Å². The highest BCUT2D eigenvalue weighted by atomic mass is 16.5. The highest BCUT2D eigenvalue weighted by Gasteiger charge is 2.17. The third-order valence-corrected chi connectivity index (χ3v) is 3.05. The van der Waals surface area contributed by atoms with Crippen LogP contribution in [0.3, 0.4) is 0 Å². The molecule has 1 fully saturated rings. The summed E-state index contributed by atoms with van der Waals surface area (Å²) in [5, 5.41) is 0.843. The molecule has 1 unspecified atom stereocenters. The summed E-state index contributed by atoms with van der Waals surface area (Å²) in [6, 6.07) is 5.52. The Labute approximate surface area is 105 Å². The predicted octanol–water partition coefficient (Wildman–Crippen LogP) is 1.77. The van der Waals surface area contributed by atoms with Gasteiger partial charge in [-0.25, -0.2) is 9.97 Å². The molecule has 5 nitrogen and oxygen atoms in total. The van der Waals surface area contributed by atoms with Gasteiger partial charge in [-0.1, -0.05) is 0 Å². The van der Waals surface area contributed by atoms with E-state index >= 15 is 0 Å². The lowest BCUT2D eigenvalue weighted by atomic mass is 10.2. The summed E-state index contributed by atoms with van der Waals surface area (Å²) in [6.07, 6.45) is 3.83. The van der Waals surface area contributed by atoms with E-state index in [4.69, 9.17) is 15.2 Å². The second-order valence-corrected chi connectivity index (χ2v) is 4.40. The van der Waals surface area contributed by atoms with Gasteiger partial charge in [0, 0.05) is 12.3 Å². The molecule has 2 N–H and O–H groups in total. The minimum atomic E-state index is 0.177. The van der Waals surface area contributed by atoms with Crippen LogP contribution in [0.1, 0.15) is 12.8 Å². The van der Waals surface area contributed by atoms with Gasteiger partial charge in [-0.15, -0.1) is 0 Å². The van der Waals surface area contributed by atoms with Crippen molar-refractivity contribution in [2.45, 2.75) is 18.9 Å². The van der Waals surface area contributed by atoms with Crippen molar-refractivity contribution < 1.29 is 9.47 Å². The van der Waals surface area contributed by atoms with Crippen molar-refractivity contribution in [1.82, 2.24) is 9.97 Å². The van der Waals surface area contributed by atoms with E-state index < -0.39 is 0 Å². The lowest BCUT2D eigenvalue weighted by molar-refractivity contribution is 0.0669. The van der Waals surface area contributed by atoms with E-state index in [9.17, 15) is 0 Å². The summed E-state index contributed by atoms with van der Waals surface area (Å²) in [7, 11) is 0. The second-order valence-electron chi connectivity index (χ2n) is 4.40. The molecule has 3 rings (SSSR count). The van der Waals surface area contributed by atoms with Crippen LogP contribution < -0.4 is 10.5 Å². The first-order valence-electron chi connectivity index (χ1n) is 6.07. The van der Waals surface area contributed by atoms with Gasteiger partial charge in [-0.2, -0.15) is 0 Å². The Bertz CT molecular complexity index is 553. The maximum Gasteiger partial charge on any atom is 0.224 e. The molecular weight excluding hydrogens is 230 g/mol. The number of rotatable bonds is 3. The molecule has 5 heteroatoms. The number of nitrogen functional groups attached to an aromatic ring is 1. The maximum absolute atomic E-state index is 5.78. The van der Waals surface area contributed by atoms with Crippen LogP contribution >= 0.6 is 0 Å². The first-order valence-corrected chi connectivity index (χ1v) is 6.07. The summed E-state index contributed by atoms with van der Waals surface area (Å²) in [4.78, 5) is 8.35. The molecule has 1 saturated heterocycles. The fourth-order valence-corrected chi connectivity index (χ4v) is 2.11. The number of hydrogen-bond donors (Lipinski definition) is 1. The number of anilines is 1. The van der Waals surface area contributed by atoms with E-state index in [0.717, 1.165) is 30.4 Å². The monoisotopic (exact) mass is 245 g/mol. The molecule has 0 radical (unpaired) electrons. The normalized spacial score (nSPS) is 19.2. The van der Waals surface area contributed by atoms with Gasteiger partial charge in [0.15, 0.2) is 0 Å². The number of hydrogen-bond acceptors (Lipinski definition) is 5. The fraction of sp³-hybridized carbons (Fsp3) is 0.385. The molecule has 94 valence electrons. The van der Waals surface area contributed by atoms with Crippen LogP contribution in [0.15, 0.2) is 24.5 Å². The largest absolute Gasteiger partial charge is 0.474 e. The van der Waals surface area contributed by atoms with Crippen LogP contribution in [0, 0.1) is 0 Å². The van der Waals surface area contributed by atoms with Crippen molar-refractivity contribution in [3.63, 3.8) is 0 Å². The Kier molecular flexibility index (Phi) is 2.98. The molecule has 0 spiro atoms. The Balaban J connectivity index is 1.84. The molecule has 0 bridgehead atoms. The summed E-state index contributed by atoms with van der Waals surface area (Å²) >= 11 is 0. The van der Waals surface area contributed by atoms with E-state index in [2.05, 4.69) is 9.97 Å². The number of nitrogens with two attached hydrogens (primary N) is 1. The first kappa shape index (κ1) is 11.2. The minimum absolute atomic E-state index is 0.177. The number of fused-ring (bicyclic) bond motifs is 1. The third-order valence-electron chi connectivity index (χ3n) is 3.05. The predicted molar refractivity (Wildman–Crippen MR) is 68.4 cm³/mol. The van der Waals surface area contributed by atoms with Gasteiger partial charge in [0.1, 0.15) is 12.9 Å². The van der Waals surface area contributed by atoms with Gasteiger partial charge in [0.2, 0.25) is 5.88 Å². The Morgan fingerprint density at radius 2 is 2.33 bits per heavy atom. The highest BCUT2D eigenvalue weighted by Crippen LogP contribution is 2.24. The average Bonchev–Trinajstić information content (AvgIpc) is 2.89. The van der Waals surface area contributed by atoms with Crippen LogP contribution in [-0.2, 0) is 4.74 Å². The Hall–Kier alpha value is -1.88. The molecule has 1 aliphatic rings. The highest BCUT2D eigenvalue weighted by molar-refractivity contribution is 5.86. The summed E-state index contributed by atoms with van der Waals surface area (Å²) in [5.41, 5.74) is 7.29. The lowest BCUT2D eigenvalue weighted by Gasteiger charge is -2.12. The standard InChI is InChI=1S/C13H15N3O2/c14-9-3-4-12-11(6-9)13(16-8-15-12)18-7-10-2-1-5-17-10/h3-4,6,8,10H,1-2,5,7,14H2. The number of aromatic nitrogens is 2. The summed E-state index contributed by atoms with van der Waals surface area (Å²) < 4.78 is 11.2. The van der Waals surface area contributed by atoms with Crippen molar-refractivity contribution in [1.29, 1.82) is 0 Å². The maximum atomic E-state index is 5.78. The van der Waals surface area contributed by atoms with Crippen molar-refractivity contribution in [2.75, 3.05) is 18.9 Å². The van der Waals surface area contributed by atoms with E-state index in [1.165, 1.54) is 6.33 Å². The van der Waals surface area contributed by atoms with Gasteiger partial charge in [-0.3, -0.25) is 0 Å². The Morgan fingerprint density at radius 1 is 1.39 bits per heavy atom. The van der Waals surface area contributed by atoms with Crippen LogP contribution in [-0.4, -0.2) is 29.3 Å². The van der Waals surface area contributed by atoms with Crippen LogP contribution in [0.4, 0.5) is 5.69 Å². The third kappa shape index (κ3) is 2.22. The van der Waals surface area contributed by atoms with E-state index in [-0.39, 0.29) is 6.10 Å². The van der Waals surface area contributed by atoms with Crippen molar-refractivity contribution in [3.8, 4) is 5.88 Å². The fourth-order valence-electron chi connectivity index (χ4n) is 2.11. The van der Waals surface area contributed by atoms with E-state index in [1.807, 2.05) is 18.2 Å². The molecule has 0 amide bonds. The average molecular weight is 245 g/mol. The van der Waals surface area contributed by atoms with Crippen molar-refractivity contribution >= 4 is 16.6 Å². The van der Waals surface area contributed by atoms with Crippen LogP contribution in [0.5, 0.6) is 5.88 Å². The van der Waals surface area contributed by atoms with E-state index in [1.54, 1.807) is 0 Å². The smallest absolute Gasteiger partial charge is 0.224 e. The summed E-state index contributed by atoms with van der Waals surface area (Å²) in [6.45, 7) is 1.35. The SMILES string of the molecule is Nc1ccc2ncnc(OCC3CCCO3)c2c1. The quantitative estimate of drug-likeness (QED) is 0.834. The zero-order valence-electron chi connectivity index (χ0n) is 10.0. The summed E-state index contributed by atoms with van der Waals surface area (Å²) in [5.74, 6) is 0.572. The topological polar surface area (TPSA) is 70.3 Å². The number of nitrogens with zero attached hydrogens (tertiary/aromatic N) is 2. The zero-order valence-corrected chi connectivity index (χ0v) is 10.0. The number of benzene rings is 1. The molecular formula is C13H15N3O2. The van der Waals surface area contributed by atoms with Crippen molar-refractivity contribution in [2.24, 2.45) is 0 Å². The van der Waals surface area contributed by atoms with Gasteiger partial charge in [0.25, 0.3) is 0 Å². The molecule has 2 aromatic rings. The lowest BCUT2D eigenvalue weighted by Crippen LogP contribution is -2.16. The van der Waals surface area contributed by atoms with Crippen molar-refractivity contribution in [3.05, 3.63) is 24.5 Å². The first-order chi connectivity index (χ1) is 8.83. The molecule has 1 aliphatic heterocycles. The molecule has 2 heterocycles. The molecule has 1 aromatic carbocycles. The van der Waals surface area contributed by atoms with E-state index in [0.29, 0.717) is 18.2 Å².